The van der Waals surface area contributed by atoms with Gasteiger partial charge in [-0.05, 0) is 31.4 Å². The predicted molar refractivity (Wildman–Crippen MR) is 88.6 cm³/mol. The van der Waals surface area contributed by atoms with Crippen LogP contribution in [0.3, 0.4) is 0 Å². The maximum absolute atomic E-state index is 12.5. The van der Waals surface area contributed by atoms with Crippen LogP contribution in [0.25, 0.3) is 0 Å². The van der Waals surface area contributed by atoms with Crippen LogP contribution in [0.2, 0.25) is 0 Å². The van der Waals surface area contributed by atoms with Crippen LogP contribution in [0.15, 0.2) is 36.4 Å². The molecule has 0 aliphatic carbocycles. The zero-order valence-corrected chi connectivity index (χ0v) is 13.6. The summed E-state index contributed by atoms with van der Waals surface area (Å²) < 4.78 is 0. The fourth-order valence-corrected chi connectivity index (χ4v) is 3.08. The fourth-order valence-electron chi connectivity index (χ4n) is 3.08. The van der Waals surface area contributed by atoms with E-state index in [0.29, 0.717) is 19.6 Å². The smallest absolute Gasteiger partial charge is 0.237 e. The van der Waals surface area contributed by atoms with Crippen LogP contribution in [0, 0.1) is 0 Å². The lowest BCUT2D eigenvalue weighted by Gasteiger charge is -2.37. The molecule has 1 heterocycles. The Hall–Kier alpha value is -1.65. The van der Waals surface area contributed by atoms with Crippen molar-refractivity contribution in [2.45, 2.75) is 26.3 Å². The molecular weight excluding hydrogens is 276 g/mol. The van der Waals surface area contributed by atoms with E-state index in [1.165, 1.54) is 5.56 Å². The van der Waals surface area contributed by atoms with Crippen LogP contribution in [-0.2, 0) is 11.2 Å². The van der Waals surface area contributed by atoms with Gasteiger partial charge in [-0.15, -0.1) is 0 Å². The summed E-state index contributed by atoms with van der Waals surface area (Å²) in [5.74, 6) is 0.100. The van der Waals surface area contributed by atoms with Gasteiger partial charge in [0.1, 0.15) is 0 Å². The van der Waals surface area contributed by atoms with Gasteiger partial charge in [0, 0.05) is 19.6 Å². The van der Waals surface area contributed by atoms with E-state index in [9.17, 15) is 9.90 Å². The summed E-state index contributed by atoms with van der Waals surface area (Å²) >= 11 is 0. The molecule has 2 rings (SSSR count). The minimum atomic E-state index is -0.0857. The van der Waals surface area contributed by atoms with Crippen molar-refractivity contribution in [2.24, 2.45) is 0 Å². The number of fused-ring (bicyclic) bond motifs is 1. The lowest BCUT2D eigenvalue weighted by atomic mass is 9.93. The van der Waals surface area contributed by atoms with Gasteiger partial charge in [0.05, 0.1) is 19.2 Å². The zero-order valence-electron chi connectivity index (χ0n) is 13.6. The molecule has 1 unspecified atom stereocenters. The van der Waals surface area contributed by atoms with Gasteiger partial charge < -0.3 is 10.0 Å². The second kappa shape index (κ2) is 7.56. The van der Waals surface area contributed by atoms with Gasteiger partial charge in [-0.3, -0.25) is 9.69 Å². The maximum atomic E-state index is 12.5. The summed E-state index contributed by atoms with van der Waals surface area (Å²) in [5, 5.41) is 9.78. The molecule has 0 saturated heterocycles. The number of rotatable bonds is 6. The van der Waals surface area contributed by atoms with Crippen molar-refractivity contribution in [1.29, 1.82) is 0 Å². The fraction of sp³-hybridized carbons (Fsp3) is 0.500. The van der Waals surface area contributed by atoms with Crippen molar-refractivity contribution < 1.29 is 9.90 Å². The molecule has 1 N–H and O–H groups in total. The monoisotopic (exact) mass is 302 g/mol. The number of hydrogen-bond acceptors (Lipinski definition) is 3. The number of amides is 1. The van der Waals surface area contributed by atoms with E-state index in [2.05, 4.69) is 23.6 Å². The van der Waals surface area contributed by atoms with Crippen LogP contribution >= 0.6 is 0 Å². The van der Waals surface area contributed by atoms with Crippen molar-refractivity contribution in [2.75, 3.05) is 32.8 Å². The van der Waals surface area contributed by atoms with Crippen molar-refractivity contribution >= 4 is 5.91 Å². The highest BCUT2D eigenvalue weighted by Crippen LogP contribution is 2.29. The number of likely N-dealkylation sites (N-methyl/N-ethyl adjacent to an activating group) is 1. The summed E-state index contributed by atoms with van der Waals surface area (Å²) in [6, 6.07) is 8.10. The highest BCUT2D eigenvalue weighted by Gasteiger charge is 2.28. The van der Waals surface area contributed by atoms with E-state index in [0.717, 1.165) is 24.1 Å². The normalized spacial score (nSPS) is 17.9. The first-order valence-corrected chi connectivity index (χ1v) is 7.91. The molecule has 0 aromatic heterocycles. The van der Waals surface area contributed by atoms with Gasteiger partial charge in [-0.2, -0.15) is 0 Å². The van der Waals surface area contributed by atoms with Crippen LogP contribution in [0.1, 0.15) is 31.0 Å². The second-order valence-corrected chi connectivity index (χ2v) is 5.98. The first kappa shape index (κ1) is 16.7. The number of aliphatic hydroxyl groups excluding tert-OH is 1. The van der Waals surface area contributed by atoms with Gasteiger partial charge in [0.25, 0.3) is 0 Å². The minimum Gasteiger partial charge on any atom is -0.394 e. The van der Waals surface area contributed by atoms with Crippen LogP contribution in [0.4, 0.5) is 0 Å². The Morgan fingerprint density at radius 2 is 2.18 bits per heavy atom. The topological polar surface area (TPSA) is 43.8 Å². The van der Waals surface area contributed by atoms with Gasteiger partial charge >= 0.3 is 0 Å². The maximum Gasteiger partial charge on any atom is 0.237 e. The van der Waals surface area contributed by atoms with Crippen LogP contribution < -0.4 is 0 Å². The van der Waals surface area contributed by atoms with Gasteiger partial charge in [0.15, 0.2) is 0 Å². The molecule has 1 amide bonds. The molecule has 0 saturated carbocycles. The van der Waals surface area contributed by atoms with Crippen molar-refractivity contribution in [3.63, 3.8) is 0 Å². The lowest BCUT2D eigenvalue weighted by molar-refractivity contribution is -0.132. The number of carbonyl (C=O) groups excluding carboxylic acids is 1. The molecule has 1 aromatic rings. The van der Waals surface area contributed by atoms with E-state index in [1.54, 1.807) is 0 Å². The van der Waals surface area contributed by atoms with Gasteiger partial charge in [-0.25, -0.2) is 0 Å². The average Bonchev–Trinajstić information content (AvgIpc) is 2.52. The molecule has 0 spiro atoms. The molecule has 4 nitrogen and oxygen atoms in total. The molecule has 4 heteroatoms. The van der Waals surface area contributed by atoms with E-state index in [-0.39, 0.29) is 18.6 Å². The van der Waals surface area contributed by atoms with Crippen molar-refractivity contribution in [3.05, 3.63) is 47.5 Å². The standard InChI is InChI=1S/C18H26N2O2/c1-4-19(11-14(2)3)18(22)12-20-10-9-15-7-5-6-8-16(15)17(20)13-21/h5-8,17,21H,2,4,9-13H2,1,3H3. The zero-order chi connectivity index (χ0) is 16.1. The first-order chi connectivity index (χ1) is 10.6. The molecular formula is C18H26N2O2. The molecule has 0 radical (unpaired) electrons. The molecule has 120 valence electrons. The first-order valence-electron chi connectivity index (χ1n) is 7.91. The van der Waals surface area contributed by atoms with Gasteiger partial charge in [-0.1, -0.05) is 36.4 Å². The number of benzene rings is 1. The van der Waals surface area contributed by atoms with Gasteiger partial charge in [0.2, 0.25) is 5.91 Å². The number of carbonyl (C=O) groups is 1. The third kappa shape index (κ3) is 3.76. The Morgan fingerprint density at radius 3 is 2.82 bits per heavy atom. The molecule has 0 bridgehead atoms. The summed E-state index contributed by atoms with van der Waals surface area (Å²) in [6.07, 6.45) is 0.923. The SMILES string of the molecule is C=C(C)CN(CC)C(=O)CN1CCc2ccccc2C1CO. The van der Waals surface area contributed by atoms with E-state index in [1.807, 2.05) is 30.9 Å². The lowest BCUT2D eigenvalue weighted by Crippen LogP contribution is -2.45. The summed E-state index contributed by atoms with van der Waals surface area (Å²) in [6.45, 7) is 10.3. The number of nitrogens with zero attached hydrogens (tertiary/aromatic N) is 2. The van der Waals surface area contributed by atoms with Crippen LogP contribution in [0.5, 0.6) is 0 Å². The Bertz CT molecular complexity index is 542. The summed E-state index contributed by atoms with van der Waals surface area (Å²) in [4.78, 5) is 16.4. The highest BCUT2D eigenvalue weighted by atomic mass is 16.3. The number of hydrogen-bond donors (Lipinski definition) is 1. The molecule has 1 atom stereocenters. The minimum absolute atomic E-state index is 0.0386. The second-order valence-electron chi connectivity index (χ2n) is 5.98. The predicted octanol–water partition coefficient (Wildman–Crippen LogP) is 2.00. The van der Waals surface area contributed by atoms with E-state index < -0.39 is 0 Å². The molecule has 1 aliphatic rings. The summed E-state index contributed by atoms with van der Waals surface area (Å²) in [5.41, 5.74) is 3.41. The molecule has 0 fully saturated rings. The number of aliphatic hydroxyl groups is 1. The Balaban J connectivity index is 2.09. The van der Waals surface area contributed by atoms with E-state index >= 15 is 0 Å². The Morgan fingerprint density at radius 1 is 1.45 bits per heavy atom. The molecule has 22 heavy (non-hydrogen) atoms. The van der Waals surface area contributed by atoms with Crippen molar-refractivity contribution in [1.82, 2.24) is 9.80 Å². The third-order valence-electron chi connectivity index (χ3n) is 4.23. The molecule has 1 aliphatic heterocycles. The Kier molecular flexibility index (Phi) is 5.75. The van der Waals surface area contributed by atoms with E-state index in [4.69, 9.17) is 0 Å². The largest absolute Gasteiger partial charge is 0.394 e. The quantitative estimate of drug-likeness (QED) is 0.818. The summed E-state index contributed by atoms with van der Waals surface area (Å²) in [7, 11) is 0. The Labute approximate surface area is 133 Å². The van der Waals surface area contributed by atoms with Crippen molar-refractivity contribution in [3.8, 4) is 0 Å². The van der Waals surface area contributed by atoms with Crippen LogP contribution in [-0.4, -0.2) is 53.6 Å². The molecule has 1 aromatic carbocycles. The average molecular weight is 302 g/mol. The highest BCUT2D eigenvalue weighted by molar-refractivity contribution is 5.78. The third-order valence-corrected chi connectivity index (χ3v) is 4.23.